The van der Waals surface area contributed by atoms with E-state index in [-0.39, 0.29) is 5.82 Å². The van der Waals surface area contributed by atoms with Crippen LogP contribution in [0.4, 0.5) is 24.5 Å². The van der Waals surface area contributed by atoms with Gasteiger partial charge < -0.3 is 14.0 Å². The maximum absolute atomic E-state index is 13.1. The number of hydrogen-bond donors (Lipinski definition) is 0. The summed E-state index contributed by atoms with van der Waals surface area (Å²) in [5.74, 6) is 1.26. The van der Waals surface area contributed by atoms with Crippen molar-refractivity contribution in [3.63, 3.8) is 0 Å². The predicted octanol–water partition coefficient (Wildman–Crippen LogP) is 6.95. The first-order valence-corrected chi connectivity index (χ1v) is 11.9. The summed E-state index contributed by atoms with van der Waals surface area (Å²) in [4.78, 5) is 15.4. The molecule has 0 spiro atoms. The Kier molecular flexibility index (Phi) is 6.01. The zero-order valence-corrected chi connectivity index (χ0v) is 21.2. The molecule has 0 fully saturated rings. The number of imidazole rings is 1. The molecule has 5 aromatic rings. The molecular formula is C28H27F3N6. The number of hydrogen-bond acceptors (Lipinski definition) is 4. The molecule has 2 aromatic carbocycles. The fraction of sp³-hybridized carbons (Fsp3) is 0.250. The highest BCUT2D eigenvalue weighted by Gasteiger charge is 2.34. The van der Waals surface area contributed by atoms with E-state index in [9.17, 15) is 13.2 Å². The first kappa shape index (κ1) is 24.5. The molecule has 0 N–H and O–H groups in total. The molecule has 190 valence electrons. The Bertz CT molecular complexity index is 1580. The van der Waals surface area contributed by atoms with E-state index < -0.39 is 11.9 Å². The van der Waals surface area contributed by atoms with E-state index in [1.165, 1.54) is 10.1 Å². The molecule has 0 aliphatic rings. The van der Waals surface area contributed by atoms with E-state index in [0.717, 1.165) is 34.2 Å². The van der Waals surface area contributed by atoms with Crippen LogP contribution in [0.2, 0.25) is 0 Å². The third-order valence-corrected chi connectivity index (χ3v) is 6.57. The summed E-state index contributed by atoms with van der Waals surface area (Å²) in [6.07, 6.45) is 0.357. The summed E-state index contributed by atoms with van der Waals surface area (Å²) in [7, 11) is 5.45. The van der Waals surface area contributed by atoms with Gasteiger partial charge in [-0.25, -0.2) is 15.0 Å². The third kappa shape index (κ3) is 4.45. The van der Waals surface area contributed by atoms with Gasteiger partial charge in [0.05, 0.1) is 17.4 Å². The molecular weight excluding hydrogens is 477 g/mol. The van der Waals surface area contributed by atoms with E-state index in [2.05, 4.69) is 29.9 Å². The standard InChI is InChI=1S/C28H27F3N6/c1-17(2)20-8-6-7-9-21(20)26-32-14-22-25(34-26)23(15-35(22)3)37(5)19-12-10-18(11-13-19)27-33-24(16-36(27)4)28(29,30)31/h6-17H,1-5H3. The summed E-state index contributed by atoms with van der Waals surface area (Å²) < 4.78 is 42.6. The van der Waals surface area contributed by atoms with Gasteiger partial charge in [0.15, 0.2) is 11.5 Å². The largest absolute Gasteiger partial charge is 0.434 e. The van der Waals surface area contributed by atoms with Gasteiger partial charge in [0, 0.05) is 50.4 Å². The average molecular weight is 505 g/mol. The van der Waals surface area contributed by atoms with Crippen LogP contribution in [0.15, 0.2) is 67.1 Å². The Labute approximate surface area is 213 Å². The van der Waals surface area contributed by atoms with Gasteiger partial charge in [-0.3, -0.25) is 0 Å². The number of halogens is 3. The van der Waals surface area contributed by atoms with Gasteiger partial charge in [-0.1, -0.05) is 38.1 Å². The van der Waals surface area contributed by atoms with E-state index in [1.807, 2.05) is 66.3 Å². The van der Waals surface area contributed by atoms with Crippen molar-refractivity contribution in [1.29, 1.82) is 0 Å². The molecule has 9 heteroatoms. The zero-order valence-electron chi connectivity index (χ0n) is 21.2. The number of rotatable bonds is 5. The second-order valence-electron chi connectivity index (χ2n) is 9.46. The van der Waals surface area contributed by atoms with Crippen LogP contribution < -0.4 is 4.90 Å². The summed E-state index contributed by atoms with van der Waals surface area (Å²) in [5, 5.41) is 0. The van der Waals surface area contributed by atoms with Crippen molar-refractivity contribution in [2.75, 3.05) is 11.9 Å². The number of benzene rings is 2. The van der Waals surface area contributed by atoms with Crippen molar-refractivity contribution in [3.05, 3.63) is 78.4 Å². The molecule has 0 unspecified atom stereocenters. The summed E-state index contributed by atoms with van der Waals surface area (Å²) in [6, 6.07) is 15.5. The van der Waals surface area contributed by atoms with Crippen LogP contribution in [0.5, 0.6) is 0 Å². The Hall–Kier alpha value is -4.14. The van der Waals surface area contributed by atoms with Crippen LogP contribution >= 0.6 is 0 Å². The van der Waals surface area contributed by atoms with E-state index >= 15 is 0 Å². The highest BCUT2D eigenvalue weighted by molar-refractivity contribution is 5.92. The monoisotopic (exact) mass is 504 g/mol. The van der Waals surface area contributed by atoms with Crippen LogP contribution in [-0.2, 0) is 20.3 Å². The maximum Gasteiger partial charge on any atom is 0.434 e. The topological polar surface area (TPSA) is 51.8 Å². The lowest BCUT2D eigenvalue weighted by Gasteiger charge is -2.19. The van der Waals surface area contributed by atoms with Crippen LogP contribution in [0.25, 0.3) is 33.8 Å². The number of fused-ring (bicyclic) bond motifs is 1. The normalized spacial score (nSPS) is 12.0. The number of aromatic nitrogens is 5. The molecule has 37 heavy (non-hydrogen) atoms. The number of nitrogens with zero attached hydrogens (tertiary/aromatic N) is 6. The van der Waals surface area contributed by atoms with E-state index in [0.29, 0.717) is 17.3 Å². The quantitative estimate of drug-likeness (QED) is 0.260. The lowest BCUT2D eigenvalue weighted by molar-refractivity contribution is -0.140. The number of alkyl halides is 3. The van der Waals surface area contributed by atoms with Crippen LogP contribution in [0, 0.1) is 0 Å². The van der Waals surface area contributed by atoms with Gasteiger partial charge in [0.2, 0.25) is 0 Å². The minimum atomic E-state index is -4.49. The average Bonchev–Trinajstić information content (AvgIpc) is 3.43. The summed E-state index contributed by atoms with van der Waals surface area (Å²) in [5.41, 5.74) is 5.37. The molecule has 3 heterocycles. The first-order chi connectivity index (χ1) is 17.5. The highest BCUT2D eigenvalue weighted by Crippen LogP contribution is 2.35. The molecule has 0 atom stereocenters. The van der Waals surface area contributed by atoms with E-state index in [4.69, 9.17) is 4.98 Å². The van der Waals surface area contributed by atoms with Crippen LogP contribution in [0.3, 0.4) is 0 Å². The second kappa shape index (κ2) is 9.06. The highest BCUT2D eigenvalue weighted by atomic mass is 19.4. The van der Waals surface area contributed by atoms with Crippen molar-refractivity contribution in [3.8, 4) is 22.8 Å². The summed E-state index contributed by atoms with van der Waals surface area (Å²) >= 11 is 0. The van der Waals surface area contributed by atoms with E-state index in [1.54, 1.807) is 19.2 Å². The van der Waals surface area contributed by atoms with Crippen LogP contribution in [-0.4, -0.2) is 31.1 Å². The van der Waals surface area contributed by atoms with Gasteiger partial charge in [0.25, 0.3) is 0 Å². The van der Waals surface area contributed by atoms with Crippen molar-refractivity contribution in [1.82, 2.24) is 24.1 Å². The van der Waals surface area contributed by atoms with Crippen molar-refractivity contribution in [2.24, 2.45) is 14.1 Å². The molecule has 0 aliphatic heterocycles. The fourth-order valence-corrected chi connectivity index (χ4v) is 4.56. The smallest absolute Gasteiger partial charge is 0.346 e. The third-order valence-electron chi connectivity index (χ3n) is 6.57. The van der Waals surface area contributed by atoms with Gasteiger partial charge in [-0.05, 0) is 35.7 Å². The molecule has 0 saturated carbocycles. The lowest BCUT2D eigenvalue weighted by Crippen LogP contribution is -2.09. The second-order valence-corrected chi connectivity index (χ2v) is 9.46. The van der Waals surface area contributed by atoms with Gasteiger partial charge >= 0.3 is 6.18 Å². The minimum Gasteiger partial charge on any atom is -0.346 e. The Balaban J connectivity index is 1.51. The Morgan fingerprint density at radius 3 is 2.24 bits per heavy atom. The van der Waals surface area contributed by atoms with Crippen LogP contribution in [0.1, 0.15) is 31.0 Å². The molecule has 3 aromatic heterocycles. The SMILES string of the molecule is CC(C)c1ccccc1-c1ncc2c(n1)c(N(C)c1ccc(-c3nc(C(F)(F)F)cn3C)cc1)cn2C. The first-order valence-electron chi connectivity index (χ1n) is 11.9. The predicted molar refractivity (Wildman–Crippen MR) is 140 cm³/mol. The van der Waals surface area contributed by atoms with Gasteiger partial charge in [-0.2, -0.15) is 13.2 Å². The molecule has 0 aliphatic carbocycles. The van der Waals surface area contributed by atoms with Gasteiger partial charge in [0.1, 0.15) is 11.3 Å². The molecule has 0 bridgehead atoms. The molecule has 0 amide bonds. The van der Waals surface area contributed by atoms with Crippen molar-refractivity contribution < 1.29 is 13.2 Å². The lowest BCUT2D eigenvalue weighted by atomic mass is 9.97. The Morgan fingerprint density at radius 1 is 0.892 bits per heavy atom. The number of anilines is 2. The summed E-state index contributed by atoms with van der Waals surface area (Å²) in [6.45, 7) is 4.30. The number of aryl methyl sites for hydroxylation is 2. The molecule has 6 nitrogen and oxygen atoms in total. The molecule has 0 saturated heterocycles. The zero-order chi connectivity index (χ0) is 26.5. The van der Waals surface area contributed by atoms with Crippen molar-refractivity contribution >= 4 is 22.4 Å². The minimum absolute atomic E-state index is 0.257. The fourth-order valence-electron chi connectivity index (χ4n) is 4.56. The molecule has 0 radical (unpaired) electrons. The maximum atomic E-state index is 13.1. The Morgan fingerprint density at radius 2 is 1.59 bits per heavy atom. The van der Waals surface area contributed by atoms with Gasteiger partial charge in [-0.15, -0.1) is 0 Å². The molecule has 5 rings (SSSR count). The van der Waals surface area contributed by atoms with Crippen molar-refractivity contribution in [2.45, 2.75) is 25.9 Å².